The van der Waals surface area contributed by atoms with E-state index in [1.165, 1.54) is 15.3 Å². The summed E-state index contributed by atoms with van der Waals surface area (Å²) in [5, 5.41) is 2.79. The molecule has 3 aliphatic rings. The maximum absolute atomic E-state index is 13.3. The van der Waals surface area contributed by atoms with Crippen LogP contribution in [0.4, 0.5) is 11.4 Å². The van der Waals surface area contributed by atoms with Gasteiger partial charge in [-0.2, -0.15) is 4.31 Å². The fourth-order valence-electron chi connectivity index (χ4n) is 4.82. The first kappa shape index (κ1) is 23.6. The minimum atomic E-state index is -3.66. The van der Waals surface area contributed by atoms with Crippen LogP contribution in [0.15, 0.2) is 41.3 Å². The molecule has 0 aliphatic carbocycles. The van der Waals surface area contributed by atoms with Gasteiger partial charge in [0.15, 0.2) is 11.5 Å². The minimum absolute atomic E-state index is 0.134. The number of carbonyl (C=O) groups excluding carboxylic acids is 2. The molecule has 1 N–H and O–H groups in total. The van der Waals surface area contributed by atoms with E-state index in [0.29, 0.717) is 47.4 Å². The first-order chi connectivity index (χ1) is 16.6. The normalized spacial score (nSPS) is 19.6. The quantitative estimate of drug-likeness (QED) is 0.678. The van der Waals surface area contributed by atoms with Gasteiger partial charge in [0, 0.05) is 30.5 Å². The van der Waals surface area contributed by atoms with Gasteiger partial charge >= 0.3 is 0 Å². The van der Waals surface area contributed by atoms with Crippen molar-refractivity contribution >= 4 is 33.2 Å². The molecule has 2 amide bonds. The molecule has 2 aromatic carbocycles. The molecule has 0 unspecified atom stereocenters. The second kappa shape index (κ2) is 8.53. The van der Waals surface area contributed by atoms with Crippen molar-refractivity contribution in [2.45, 2.75) is 43.9 Å². The van der Waals surface area contributed by atoms with Crippen molar-refractivity contribution < 1.29 is 27.5 Å². The standard InChI is InChI=1S/C25H29N3O6S/c1-16-8-10-27(11-9-16)35(31,32)18-5-6-20-19(13-18)25(2,3)24(30)28(20)14-23(29)26-17-4-7-21-22(12-17)34-15-33-21/h4-7,12-13,16H,8-11,14-15H2,1-3H3,(H,26,29). The van der Waals surface area contributed by atoms with Crippen LogP contribution in [0.2, 0.25) is 0 Å². The van der Waals surface area contributed by atoms with Crippen LogP contribution in [0.5, 0.6) is 11.5 Å². The first-order valence-electron chi connectivity index (χ1n) is 11.7. The maximum atomic E-state index is 13.3. The van der Waals surface area contributed by atoms with Gasteiger partial charge in [-0.25, -0.2) is 8.42 Å². The second-order valence-corrected chi connectivity index (χ2v) is 11.8. The summed E-state index contributed by atoms with van der Waals surface area (Å²) in [6.07, 6.45) is 1.67. The monoisotopic (exact) mass is 499 g/mol. The van der Waals surface area contributed by atoms with E-state index in [0.717, 1.165) is 12.8 Å². The summed E-state index contributed by atoms with van der Waals surface area (Å²) in [5.74, 6) is 1.03. The van der Waals surface area contributed by atoms with Gasteiger partial charge in [0.1, 0.15) is 6.54 Å². The van der Waals surface area contributed by atoms with Crippen molar-refractivity contribution in [1.29, 1.82) is 0 Å². The fraction of sp³-hybridized carbons (Fsp3) is 0.440. The Balaban J connectivity index is 1.37. The Labute approximate surface area is 205 Å². The lowest BCUT2D eigenvalue weighted by atomic mass is 9.86. The molecule has 0 bridgehead atoms. The minimum Gasteiger partial charge on any atom is -0.454 e. The predicted molar refractivity (Wildman–Crippen MR) is 130 cm³/mol. The summed E-state index contributed by atoms with van der Waals surface area (Å²) in [6, 6.07) is 9.84. The van der Waals surface area contributed by atoms with Crippen LogP contribution in [0.25, 0.3) is 0 Å². The van der Waals surface area contributed by atoms with Crippen LogP contribution < -0.4 is 19.7 Å². The Morgan fingerprint density at radius 3 is 2.54 bits per heavy atom. The lowest BCUT2D eigenvalue weighted by Gasteiger charge is -2.29. The van der Waals surface area contributed by atoms with Gasteiger partial charge in [-0.3, -0.25) is 9.59 Å². The molecular weight excluding hydrogens is 470 g/mol. The van der Waals surface area contributed by atoms with E-state index in [1.54, 1.807) is 44.2 Å². The highest BCUT2D eigenvalue weighted by atomic mass is 32.2. The third kappa shape index (κ3) is 4.14. The summed E-state index contributed by atoms with van der Waals surface area (Å²) in [4.78, 5) is 27.7. The molecule has 2 aromatic rings. The van der Waals surface area contributed by atoms with E-state index in [4.69, 9.17) is 9.47 Å². The number of fused-ring (bicyclic) bond motifs is 2. The van der Waals surface area contributed by atoms with Crippen molar-refractivity contribution in [3.05, 3.63) is 42.0 Å². The number of hydrogen-bond donors (Lipinski definition) is 1. The van der Waals surface area contributed by atoms with Crippen LogP contribution >= 0.6 is 0 Å². The van der Waals surface area contributed by atoms with Crippen molar-refractivity contribution in [1.82, 2.24) is 4.31 Å². The van der Waals surface area contributed by atoms with Crippen LogP contribution in [0.1, 0.15) is 39.2 Å². The molecule has 1 saturated heterocycles. The van der Waals surface area contributed by atoms with Gasteiger partial charge in [0.05, 0.1) is 10.3 Å². The fourth-order valence-corrected chi connectivity index (χ4v) is 6.32. The Morgan fingerprint density at radius 1 is 1.09 bits per heavy atom. The van der Waals surface area contributed by atoms with Gasteiger partial charge < -0.3 is 19.7 Å². The maximum Gasteiger partial charge on any atom is 0.244 e. The number of ether oxygens (including phenoxy) is 2. The Kier molecular flexibility index (Phi) is 5.76. The third-order valence-electron chi connectivity index (χ3n) is 7.05. The molecule has 3 heterocycles. The number of hydrogen-bond acceptors (Lipinski definition) is 6. The Morgan fingerprint density at radius 2 is 1.80 bits per heavy atom. The number of anilines is 2. The number of carbonyl (C=O) groups is 2. The molecule has 0 aromatic heterocycles. The lowest BCUT2D eigenvalue weighted by molar-refractivity contribution is -0.124. The zero-order chi connectivity index (χ0) is 25.0. The molecule has 10 heteroatoms. The topological polar surface area (TPSA) is 105 Å². The molecule has 5 rings (SSSR count). The smallest absolute Gasteiger partial charge is 0.244 e. The molecule has 35 heavy (non-hydrogen) atoms. The van der Waals surface area contributed by atoms with Crippen LogP contribution in [0.3, 0.4) is 0 Å². The number of rotatable bonds is 5. The molecule has 9 nitrogen and oxygen atoms in total. The SMILES string of the molecule is CC1CCN(S(=O)(=O)c2ccc3c(c2)C(C)(C)C(=O)N3CC(=O)Nc2ccc3c(c2)OCO3)CC1. The summed E-state index contributed by atoms with van der Waals surface area (Å²) in [5.41, 5.74) is 0.718. The average Bonchev–Trinajstić information content (AvgIpc) is 3.36. The van der Waals surface area contributed by atoms with Crippen molar-refractivity contribution in [2.75, 3.05) is 36.6 Å². The van der Waals surface area contributed by atoms with Gasteiger partial charge in [-0.05, 0) is 68.5 Å². The molecular formula is C25H29N3O6S. The predicted octanol–water partition coefficient (Wildman–Crippen LogP) is 3.10. The number of benzene rings is 2. The second-order valence-electron chi connectivity index (χ2n) is 9.90. The lowest BCUT2D eigenvalue weighted by Crippen LogP contribution is -2.40. The van der Waals surface area contributed by atoms with Crippen molar-refractivity contribution in [2.24, 2.45) is 5.92 Å². The summed E-state index contributed by atoms with van der Waals surface area (Å²) in [6.45, 7) is 6.57. The molecule has 186 valence electrons. The van der Waals surface area contributed by atoms with E-state index in [1.807, 2.05) is 0 Å². The van der Waals surface area contributed by atoms with Gasteiger partial charge in [0.25, 0.3) is 0 Å². The molecule has 0 atom stereocenters. The van der Waals surface area contributed by atoms with Crippen LogP contribution in [-0.4, -0.2) is 51.0 Å². The van der Waals surface area contributed by atoms with E-state index in [-0.39, 0.29) is 30.0 Å². The highest BCUT2D eigenvalue weighted by molar-refractivity contribution is 7.89. The number of amides is 2. The summed E-state index contributed by atoms with van der Waals surface area (Å²) < 4.78 is 38.7. The van der Waals surface area contributed by atoms with E-state index >= 15 is 0 Å². The van der Waals surface area contributed by atoms with Gasteiger partial charge in [-0.1, -0.05) is 6.92 Å². The van der Waals surface area contributed by atoms with E-state index in [2.05, 4.69) is 12.2 Å². The molecule has 3 aliphatic heterocycles. The van der Waals surface area contributed by atoms with Crippen molar-refractivity contribution in [3.63, 3.8) is 0 Å². The number of piperidine rings is 1. The van der Waals surface area contributed by atoms with Gasteiger partial charge in [-0.15, -0.1) is 0 Å². The van der Waals surface area contributed by atoms with Crippen molar-refractivity contribution in [3.8, 4) is 11.5 Å². The summed E-state index contributed by atoms with van der Waals surface area (Å²) >= 11 is 0. The highest BCUT2D eigenvalue weighted by Crippen LogP contribution is 2.43. The highest BCUT2D eigenvalue weighted by Gasteiger charge is 2.45. The van der Waals surface area contributed by atoms with Crippen LogP contribution in [0, 0.1) is 5.92 Å². The largest absolute Gasteiger partial charge is 0.454 e. The summed E-state index contributed by atoms with van der Waals surface area (Å²) in [7, 11) is -3.66. The molecule has 0 spiro atoms. The Hall–Kier alpha value is -3.11. The number of nitrogens with one attached hydrogen (secondary N) is 1. The zero-order valence-corrected chi connectivity index (χ0v) is 20.9. The molecule has 1 fully saturated rings. The molecule has 0 radical (unpaired) electrons. The average molecular weight is 500 g/mol. The number of sulfonamides is 1. The Bertz CT molecular complexity index is 1300. The number of nitrogens with zero attached hydrogens (tertiary/aromatic N) is 2. The van der Waals surface area contributed by atoms with Crippen LogP contribution in [-0.2, 0) is 25.0 Å². The van der Waals surface area contributed by atoms with E-state index < -0.39 is 15.4 Å². The van der Waals surface area contributed by atoms with Gasteiger partial charge in [0.2, 0.25) is 28.6 Å². The van der Waals surface area contributed by atoms with E-state index in [9.17, 15) is 18.0 Å². The molecule has 0 saturated carbocycles. The zero-order valence-electron chi connectivity index (χ0n) is 20.0. The first-order valence-corrected chi connectivity index (χ1v) is 13.2. The third-order valence-corrected chi connectivity index (χ3v) is 8.95.